The van der Waals surface area contributed by atoms with Crippen molar-refractivity contribution in [3.8, 4) is 0 Å². The second kappa shape index (κ2) is 8.26. The molecule has 0 aliphatic carbocycles. The molecule has 0 rings (SSSR count). The van der Waals surface area contributed by atoms with Crippen molar-refractivity contribution < 1.29 is 38.5 Å². The van der Waals surface area contributed by atoms with Crippen molar-refractivity contribution >= 4 is 24.2 Å². The number of esters is 3. The van der Waals surface area contributed by atoms with Gasteiger partial charge in [-0.25, -0.2) is 0 Å². The van der Waals surface area contributed by atoms with E-state index in [4.69, 9.17) is 9.47 Å². The summed E-state index contributed by atoms with van der Waals surface area (Å²) >= 11 is 0. The Morgan fingerprint density at radius 3 is 1.60 bits per heavy atom. The van der Waals surface area contributed by atoms with Crippen molar-refractivity contribution in [3.05, 3.63) is 0 Å². The molecule has 0 unspecified atom stereocenters. The van der Waals surface area contributed by atoms with Gasteiger partial charge in [0.25, 0.3) is 0 Å². The van der Waals surface area contributed by atoms with Gasteiger partial charge in [0.1, 0.15) is 0 Å². The molecule has 0 heterocycles. The maximum absolute atomic E-state index is 11.1. The van der Waals surface area contributed by atoms with Crippen molar-refractivity contribution in [2.75, 3.05) is 0 Å². The zero-order valence-electron chi connectivity index (χ0n) is 11.7. The van der Waals surface area contributed by atoms with Crippen molar-refractivity contribution in [3.63, 3.8) is 0 Å². The van der Waals surface area contributed by atoms with Crippen molar-refractivity contribution in [1.29, 1.82) is 0 Å². The molecule has 0 aromatic heterocycles. The molecule has 0 spiro atoms. The van der Waals surface area contributed by atoms with Crippen molar-refractivity contribution in [2.24, 2.45) is 0 Å². The van der Waals surface area contributed by atoms with Gasteiger partial charge in [-0.3, -0.25) is 19.2 Å². The Bertz CT molecular complexity index is 376. The highest BCUT2D eigenvalue weighted by molar-refractivity contribution is 5.72. The highest BCUT2D eigenvalue weighted by Crippen LogP contribution is 2.16. The van der Waals surface area contributed by atoms with E-state index in [-0.39, 0.29) is 6.29 Å². The molecule has 0 saturated carbocycles. The van der Waals surface area contributed by atoms with Crippen LogP contribution in [0.3, 0.4) is 0 Å². The van der Waals surface area contributed by atoms with E-state index in [0.717, 1.165) is 20.8 Å². The molecule has 0 fully saturated rings. The molecule has 0 aliphatic rings. The van der Waals surface area contributed by atoms with Crippen LogP contribution in [0.15, 0.2) is 0 Å². The lowest BCUT2D eigenvalue weighted by atomic mass is 10.0. The maximum Gasteiger partial charge on any atom is 0.303 e. The number of hydrogen-bond acceptors (Lipinski definition) is 8. The minimum Gasteiger partial charge on any atom is -0.456 e. The first-order chi connectivity index (χ1) is 9.18. The van der Waals surface area contributed by atoms with Gasteiger partial charge in [0.05, 0.1) is 6.10 Å². The van der Waals surface area contributed by atoms with Crippen LogP contribution in [-0.2, 0) is 33.4 Å². The van der Waals surface area contributed by atoms with Gasteiger partial charge in [0, 0.05) is 20.8 Å². The topological polar surface area (TPSA) is 116 Å². The minimum atomic E-state index is -1.49. The number of rotatable bonds is 7. The number of carbonyl (C=O) groups excluding carboxylic acids is 4. The lowest BCUT2D eigenvalue weighted by molar-refractivity contribution is -0.190. The first kappa shape index (κ1) is 18.0. The largest absolute Gasteiger partial charge is 0.456 e. The highest BCUT2D eigenvalue weighted by atomic mass is 16.6. The molecule has 8 heteroatoms. The van der Waals surface area contributed by atoms with Gasteiger partial charge in [-0.15, -0.1) is 0 Å². The van der Waals surface area contributed by atoms with Crippen molar-refractivity contribution in [2.45, 2.75) is 52.1 Å². The third-order valence-corrected chi connectivity index (χ3v) is 2.16. The second-order valence-electron chi connectivity index (χ2n) is 4.10. The summed E-state index contributed by atoms with van der Waals surface area (Å²) in [6.45, 7) is 4.49. The van der Waals surface area contributed by atoms with Crippen LogP contribution >= 0.6 is 0 Å². The Morgan fingerprint density at radius 2 is 1.30 bits per heavy atom. The van der Waals surface area contributed by atoms with E-state index in [9.17, 15) is 24.3 Å². The van der Waals surface area contributed by atoms with Gasteiger partial charge in [-0.1, -0.05) is 0 Å². The predicted octanol–water partition coefficient (Wildman–Crippen LogP) is -0.639. The summed E-state index contributed by atoms with van der Waals surface area (Å²) in [7, 11) is 0. The average molecular weight is 290 g/mol. The van der Waals surface area contributed by atoms with E-state index < -0.39 is 42.3 Å². The van der Waals surface area contributed by atoms with Crippen LogP contribution in [0.1, 0.15) is 27.7 Å². The summed E-state index contributed by atoms with van der Waals surface area (Å²) in [4.78, 5) is 44.0. The monoisotopic (exact) mass is 290 g/mol. The quantitative estimate of drug-likeness (QED) is 0.374. The fourth-order valence-corrected chi connectivity index (χ4v) is 1.51. The molecule has 4 atom stereocenters. The molecular weight excluding hydrogens is 272 g/mol. The first-order valence-electron chi connectivity index (χ1n) is 5.84. The van der Waals surface area contributed by atoms with Crippen LogP contribution in [0, 0.1) is 0 Å². The second-order valence-corrected chi connectivity index (χ2v) is 4.10. The van der Waals surface area contributed by atoms with E-state index in [2.05, 4.69) is 4.74 Å². The Kier molecular flexibility index (Phi) is 7.45. The summed E-state index contributed by atoms with van der Waals surface area (Å²) in [5.74, 6) is -2.32. The van der Waals surface area contributed by atoms with Crippen LogP contribution in [-0.4, -0.2) is 53.7 Å². The molecule has 8 nitrogen and oxygen atoms in total. The molecule has 0 bridgehead atoms. The first-order valence-corrected chi connectivity index (χ1v) is 5.84. The molecule has 0 aromatic carbocycles. The molecule has 1 N–H and O–H groups in total. The van der Waals surface area contributed by atoms with Crippen LogP contribution in [0.25, 0.3) is 0 Å². The van der Waals surface area contributed by atoms with Crippen LogP contribution in [0.5, 0.6) is 0 Å². The molecule has 0 radical (unpaired) electrons. The van der Waals surface area contributed by atoms with E-state index in [1.165, 1.54) is 6.92 Å². The molecule has 0 saturated heterocycles. The number of carbonyl (C=O) groups is 4. The standard InChI is InChI=1S/C12H18O8/c1-6(14)11(19-8(3)16)12(20-9(4)17)10(5-13)18-7(2)15/h5-6,10-12,14H,1-4H3/t6-,10-,11-,12+/m0/s1. The number of aliphatic hydroxyl groups is 1. The smallest absolute Gasteiger partial charge is 0.303 e. The van der Waals surface area contributed by atoms with Gasteiger partial charge in [-0.2, -0.15) is 0 Å². The number of aldehydes is 1. The number of aliphatic hydroxyl groups excluding tert-OH is 1. The summed E-state index contributed by atoms with van der Waals surface area (Å²) in [6.07, 6.45) is -5.28. The van der Waals surface area contributed by atoms with E-state index in [0.29, 0.717) is 0 Å². The summed E-state index contributed by atoms with van der Waals surface area (Å²) in [6, 6.07) is 0. The predicted molar refractivity (Wildman–Crippen MR) is 64.4 cm³/mol. The van der Waals surface area contributed by atoms with Gasteiger partial charge >= 0.3 is 17.9 Å². The van der Waals surface area contributed by atoms with Gasteiger partial charge in [0.15, 0.2) is 24.6 Å². The Morgan fingerprint density at radius 1 is 0.900 bits per heavy atom. The molecule has 114 valence electrons. The zero-order chi connectivity index (χ0) is 15.9. The zero-order valence-corrected chi connectivity index (χ0v) is 11.7. The Balaban J connectivity index is 5.33. The number of hydrogen-bond donors (Lipinski definition) is 1. The van der Waals surface area contributed by atoms with E-state index >= 15 is 0 Å². The van der Waals surface area contributed by atoms with Crippen LogP contribution in [0.2, 0.25) is 0 Å². The van der Waals surface area contributed by atoms with Crippen LogP contribution < -0.4 is 0 Å². The van der Waals surface area contributed by atoms with E-state index in [1.54, 1.807) is 0 Å². The van der Waals surface area contributed by atoms with Gasteiger partial charge in [0.2, 0.25) is 0 Å². The fourth-order valence-electron chi connectivity index (χ4n) is 1.51. The Labute approximate surface area is 116 Å². The minimum absolute atomic E-state index is 0.230. The van der Waals surface area contributed by atoms with Gasteiger partial charge in [-0.05, 0) is 6.92 Å². The normalized spacial score (nSPS) is 16.2. The van der Waals surface area contributed by atoms with Crippen molar-refractivity contribution in [1.82, 2.24) is 0 Å². The molecule has 20 heavy (non-hydrogen) atoms. The van der Waals surface area contributed by atoms with E-state index in [1.807, 2.05) is 0 Å². The SMILES string of the molecule is CC(=O)O[C@H]([C@H](OC(C)=O)[C@H](C=O)OC(C)=O)[C@H](C)O. The molecular formula is C12H18O8. The molecule has 0 aromatic rings. The lowest BCUT2D eigenvalue weighted by Gasteiger charge is -2.30. The lowest BCUT2D eigenvalue weighted by Crippen LogP contribution is -2.50. The van der Waals surface area contributed by atoms with Crippen LogP contribution in [0.4, 0.5) is 0 Å². The number of ether oxygens (including phenoxy) is 3. The highest BCUT2D eigenvalue weighted by Gasteiger charge is 2.39. The summed E-state index contributed by atoms with van der Waals surface area (Å²) in [5, 5.41) is 9.60. The molecule has 0 aliphatic heterocycles. The summed E-state index contributed by atoms with van der Waals surface area (Å²) in [5.41, 5.74) is 0. The third kappa shape index (κ3) is 6.28. The third-order valence-electron chi connectivity index (χ3n) is 2.16. The Hall–Kier alpha value is -1.96. The summed E-state index contributed by atoms with van der Waals surface area (Å²) < 4.78 is 14.4. The van der Waals surface area contributed by atoms with Gasteiger partial charge < -0.3 is 19.3 Å². The fraction of sp³-hybridized carbons (Fsp3) is 0.667. The molecule has 0 amide bonds. The maximum atomic E-state index is 11.1. The average Bonchev–Trinajstić information content (AvgIpc) is 2.29.